The van der Waals surface area contributed by atoms with Crippen LogP contribution in [0.1, 0.15) is 45.4 Å². The summed E-state index contributed by atoms with van der Waals surface area (Å²) in [6.07, 6.45) is 1.64. The van der Waals surface area contributed by atoms with Crippen molar-refractivity contribution in [2.75, 3.05) is 18.4 Å². The molecule has 0 unspecified atom stereocenters. The maximum atomic E-state index is 14.2. The number of carbonyl (C=O) groups excluding carboxylic acids is 2. The van der Waals surface area contributed by atoms with Crippen LogP contribution in [0.25, 0.3) is 22.2 Å². The molecule has 1 fully saturated rings. The summed E-state index contributed by atoms with van der Waals surface area (Å²) in [4.78, 5) is 29.2. The number of likely N-dealkylation sites (tertiary alicyclic amines) is 1. The third kappa shape index (κ3) is 4.74. The SMILES string of the molecule is CC(C)(C)OC(=O)N1CCC(c2nc3cc(-c4ccc(NC=O)c(F)c4)ccc3o2)CC1. The Kier molecular flexibility index (Phi) is 5.86. The molecule has 168 valence electrons. The van der Waals surface area contributed by atoms with E-state index in [1.807, 2.05) is 39.0 Å². The summed E-state index contributed by atoms with van der Waals surface area (Å²) in [6, 6.07) is 10.2. The number of halogens is 1. The van der Waals surface area contributed by atoms with E-state index < -0.39 is 11.4 Å². The van der Waals surface area contributed by atoms with Crippen molar-refractivity contribution in [3.8, 4) is 11.1 Å². The van der Waals surface area contributed by atoms with E-state index in [0.29, 0.717) is 42.1 Å². The molecular weight excluding hydrogens is 413 g/mol. The first-order chi connectivity index (χ1) is 15.2. The molecule has 1 aliphatic heterocycles. The van der Waals surface area contributed by atoms with Gasteiger partial charge < -0.3 is 19.4 Å². The number of hydrogen-bond donors (Lipinski definition) is 1. The summed E-state index contributed by atoms with van der Waals surface area (Å²) in [6.45, 7) is 6.74. The highest BCUT2D eigenvalue weighted by molar-refractivity contribution is 5.81. The number of nitrogens with one attached hydrogen (secondary N) is 1. The lowest BCUT2D eigenvalue weighted by atomic mass is 9.97. The smallest absolute Gasteiger partial charge is 0.410 e. The molecule has 2 amide bonds. The Morgan fingerprint density at radius 3 is 2.53 bits per heavy atom. The Bertz CT molecular complexity index is 1140. The number of rotatable bonds is 4. The Balaban J connectivity index is 1.48. The third-order valence-electron chi connectivity index (χ3n) is 5.42. The topological polar surface area (TPSA) is 84.7 Å². The minimum absolute atomic E-state index is 0.121. The third-order valence-corrected chi connectivity index (χ3v) is 5.42. The van der Waals surface area contributed by atoms with Gasteiger partial charge in [0.25, 0.3) is 0 Å². The van der Waals surface area contributed by atoms with Gasteiger partial charge in [0, 0.05) is 19.0 Å². The molecule has 2 aromatic carbocycles. The van der Waals surface area contributed by atoms with E-state index in [-0.39, 0.29) is 17.7 Å². The van der Waals surface area contributed by atoms with Gasteiger partial charge in [0.15, 0.2) is 11.5 Å². The van der Waals surface area contributed by atoms with Gasteiger partial charge in [0.1, 0.15) is 16.9 Å². The minimum atomic E-state index is -0.514. The van der Waals surface area contributed by atoms with Crippen molar-refractivity contribution in [2.45, 2.75) is 45.1 Å². The molecule has 1 saturated heterocycles. The average molecular weight is 439 g/mol. The Morgan fingerprint density at radius 2 is 1.88 bits per heavy atom. The van der Waals surface area contributed by atoms with Crippen molar-refractivity contribution in [1.82, 2.24) is 9.88 Å². The molecule has 7 nitrogen and oxygen atoms in total. The Morgan fingerprint density at radius 1 is 1.19 bits per heavy atom. The van der Waals surface area contributed by atoms with Crippen molar-refractivity contribution in [3.05, 3.63) is 48.1 Å². The monoisotopic (exact) mass is 439 g/mol. The average Bonchev–Trinajstić information content (AvgIpc) is 3.17. The summed E-state index contributed by atoms with van der Waals surface area (Å²) in [7, 11) is 0. The second-order valence-electron chi connectivity index (χ2n) is 8.93. The Labute approximate surface area is 185 Å². The number of anilines is 1. The summed E-state index contributed by atoms with van der Waals surface area (Å²) in [5.41, 5.74) is 2.46. The standard InChI is InChI=1S/C24H26FN3O4/c1-24(2,3)32-23(30)28-10-8-15(9-11-28)22-27-20-13-17(5-7-21(20)31-22)16-4-6-19(26-14-29)18(25)12-16/h4-7,12-15H,8-11H2,1-3H3,(H,26,29). The molecule has 0 atom stereocenters. The van der Waals surface area contributed by atoms with Crippen molar-refractivity contribution in [2.24, 2.45) is 0 Å². The largest absolute Gasteiger partial charge is 0.444 e. The number of amides is 2. The first kappa shape index (κ1) is 21.8. The van der Waals surface area contributed by atoms with Crippen LogP contribution in [0.15, 0.2) is 40.8 Å². The van der Waals surface area contributed by atoms with E-state index in [1.54, 1.807) is 11.0 Å². The van der Waals surface area contributed by atoms with E-state index in [2.05, 4.69) is 10.3 Å². The molecule has 32 heavy (non-hydrogen) atoms. The highest BCUT2D eigenvalue weighted by Gasteiger charge is 2.29. The molecule has 0 aliphatic carbocycles. The van der Waals surface area contributed by atoms with Gasteiger partial charge in [-0.2, -0.15) is 0 Å². The maximum Gasteiger partial charge on any atom is 0.410 e. The zero-order valence-electron chi connectivity index (χ0n) is 18.4. The van der Waals surface area contributed by atoms with Crippen LogP contribution in [0.5, 0.6) is 0 Å². The molecular formula is C24H26FN3O4. The van der Waals surface area contributed by atoms with E-state index in [4.69, 9.17) is 9.15 Å². The number of ether oxygens (including phenoxy) is 1. The highest BCUT2D eigenvalue weighted by atomic mass is 19.1. The first-order valence-corrected chi connectivity index (χ1v) is 10.6. The zero-order chi connectivity index (χ0) is 22.9. The number of oxazole rings is 1. The zero-order valence-corrected chi connectivity index (χ0v) is 18.4. The lowest BCUT2D eigenvalue weighted by molar-refractivity contribution is -0.105. The second-order valence-corrected chi connectivity index (χ2v) is 8.93. The summed E-state index contributed by atoms with van der Waals surface area (Å²) < 4.78 is 25.6. The van der Waals surface area contributed by atoms with Crippen molar-refractivity contribution >= 4 is 29.3 Å². The van der Waals surface area contributed by atoms with Gasteiger partial charge in [-0.05, 0) is 69.0 Å². The summed E-state index contributed by atoms with van der Waals surface area (Å²) in [5.74, 6) is 0.265. The normalized spacial score (nSPS) is 15.1. The van der Waals surface area contributed by atoms with Crippen LogP contribution in [-0.2, 0) is 9.53 Å². The van der Waals surface area contributed by atoms with Crippen molar-refractivity contribution in [1.29, 1.82) is 0 Å². The minimum Gasteiger partial charge on any atom is -0.444 e. The molecule has 1 aromatic heterocycles. The van der Waals surface area contributed by atoms with Crippen molar-refractivity contribution in [3.63, 3.8) is 0 Å². The molecule has 0 bridgehead atoms. The van der Waals surface area contributed by atoms with Crippen LogP contribution in [-0.4, -0.2) is 41.1 Å². The predicted molar refractivity (Wildman–Crippen MR) is 119 cm³/mol. The van der Waals surface area contributed by atoms with Gasteiger partial charge in [0.05, 0.1) is 5.69 Å². The summed E-state index contributed by atoms with van der Waals surface area (Å²) in [5, 5.41) is 2.33. The van der Waals surface area contributed by atoms with Gasteiger partial charge in [-0.1, -0.05) is 12.1 Å². The molecule has 2 heterocycles. The maximum absolute atomic E-state index is 14.2. The van der Waals surface area contributed by atoms with Gasteiger partial charge in [-0.25, -0.2) is 14.2 Å². The number of hydrogen-bond acceptors (Lipinski definition) is 5. The number of nitrogens with zero attached hydrogens (tertiary/aromatic N) is 2. The van der Waals surface area contributed by atoms with E-state index >= 15 is 0 Å². The fourth-order valence-corrected chi connectivity index (χ4v) is 3.81. The fourth-order valence-electron chi connectivity index (χ4n) is 3.81. The Hall–Kier alpha value is -3.42. The number of aromatic nitrogens is 1. The lowest BCUT2D eigenvalue weighted by Crippen LogP contribution is -2.41. The number of benzene rings is 2. The number of carbonyl (C=O) groups is 2. The van der Waals surface area contributed by atoms with Crippen molar-refractivity contribution < 1.29 is 23.1 Å². The van der Waals surface area contributed by atoms with Crippen LogP contribution in [0.4, 0.5) is 14.9 Å². The van der Waals surface area contributed by atoms with Gasteiger partial charge in [-0.3, -0.25) is 4.79 Å². The van der Waals surface area contributed by atoms with Crippen LogP contribution >= 0.6 is 0 Å². The van der Waals surface area contributed by atoms with Crippen LogP contribution in [0, 0.1) is 5.82 Å². The number of piperidine rings is 1. The van der Waals surface area contributed by atoms with E-state index in [1.165, 1.54) is 12.1 Å². The summed E-state index contributed by atoms with van der Waals surface area (Å²) >= 11 is 0. The molecule has 1 aliphatic rings. The molecule has 0 saturated carbocycles. The second kappa shape index (κ2) is 8.61. The highest BCUT2D eigenvalue weighted by Crippen LogP contribution is 2.32. The molecule has 1 N–H and O–H groups in total. The molecule has 3 aromatic rings. The quantitative estimate of drug-likeness (QED) is 0.557. The van der Waals surface area contributed by atoms with E-state index in [0.717, 1.165) is 18.4 Å². The van der Waals surface area contributed by atoms with Gasteiger partial charge in [0.2, 0.25) is 6.41 Å². The molecule has 0 spiro atoms. The van der Waals surface area contributed by atoms with Crippen LogP contribution in [0.3, 0.4) is 0 Å². The fraction of sp³-hybridized carbons (Fsp3) is 0.375. The first-order valence-electron chi connectivity index (χ1n) is 10.6. The predicted octanol–water partition coefficient (Wildman–Crippen LogP) is 5.32. The van der Waals surface area contributed by atoms with E-state index in [9.17, 15) is 14.0 Å². The lowest BCUT2D eigenvalue weighted by Gasteiger charge is -2.32. The van der Waals surface area contributed by atoms with Crippen LogP contribution in [0.2, 0.25) is 0 Å². The van der Waals surface area contributed by atoms with Crippen LogP contribution < -0.4 is 5.32 Å². The van der Waals surface area contributed by atoms with Gasteiger partial charge >= 0.3 is 6.09 Å². The van der Waals surface area contributed by atoms with Gasteiger partial charge in [-0.15, -0.1) is 0 Å². The molecule has 4 rings (SSSR count). The molecule has 0 radical (unpaired) electrons. The number of fused-ring (bicyclic) bond motifs is 1. The molecule has 8 heteroatoms.